The summed E-state index contributed by atoms with van der Waals surface area (Å²) in [4.78, 5) is 16.0. The zero-order valence-electron chi connectivity index (χ0n) is 15.5. The van der Waals surface area contributed by atoms with Gasteiger partial charge in [0.2, 0.25) is 0 Å². The summed E-state index contributed by atoms with van der Waals surface area (Å²) in [6.45, 7) is 5.85. The topological polar surface area (TPSA) is 53.0 Å². The lowest BCUT2D eigenvalue weighted by Gasteiger charge is -2.36. The van der Waals surface area contributed by atoms with E-state index in [0.717, 1.165) is 36.9 Å². The number of Topliss-reactive ketones (excluding diaryl/α,β-unsaturated/α-hetero) is 1. The molecule has 1 saturated heterocycles. The second-order valence-corrected chi connectivity index (χ2v) is 7.25. The fourth-order valence-electron chi connectivity index (χ4n) is 3.21. The molecular formula is C21H25ClN2O3. The van der Waals surface area contributed by atoms with Crippen molar-refractivity contribution in [1.29, 1.82) is 0 Å². The van der Waals surface area contributed by atoms with Crippen molar-refractivity contribution in [2.45, 2.75) is 13.0 Å². The van der Waals surface area contributed by atoms with Crippen molar-refractivity contribution in [3.63, 3.8) is 0 Å². The maximum absolute atomic E-state index is 11.4. The fraction of sp³-hybridized carbons (Fsp3) is 0.381. The first-order chi connectivity index (χ1) is 13.0. The number of piperazine rings is 1. The summed E-state index contributed by atoms with van der Waals surface area (Å²) >= 11 is 6.07. The summed E-state index contributed by atoms with van der Waals surface area (Å²) in [7, 11) is 0. The molecular weight excluding hydrogens is 364 g/mol. The minimum atomic E-state index is -0.580. The Balaban J connectivity index is 1.43. The second kappa shape index (κ2) is 9.22. The predicted octanol–water partition coefficient (Wildman–Crippen LogP) is 3.10. The molecule has 1 heterocycles. The first kappa shape index (κ1) is 19.7. The molecule has 0 aromatic heterocycles. The number of hydrogen-bond donors (Lipinski definition) is 1. The smallest absolute Gasteiger partial charge is 0.159 e. The van der Waals surface area contributed by atoms with E-state index in [-0.39, 0.29) is 12.4 Å². The minimum absolute atomic E-state index is 0.00132. The van der Waals surface area contributed by atoms with Crippen molar-refractivity contribution in [3.8, 4) is 5.75 Å². The van der Waals surface area contributed by atoms with Crippen molar-refractivity contribution in [3.05, 3.63) is 59.1 Å². The van der Waals surface area contributed by atoms with Gasteiger partial charge in [-0.2, -0.15) is 0 Å². The number of aliphatic hydroxyl groups excluding tert-OH is 1. The standard InChI is InChI=1S/C21H25ClN2O3/c1-16(25)17-4-2-7-21(12-17)27-15-20(26)14-23-8-10-24(11-9-23)19-6-3-5-18(22)13-19/h2-7,12-13,20,26H,8-11,14-15H2,1H3. The number of nitrogens with zero attached hydrogens (tertiary/aromatic N) is 2. The monoisotopic (exact) mass is 388 g/mol. The number of ketones is 1. The van der Waals surface area contributed by atoms with Crippen LogP contribution in [0.5, 0.6) is 5.75 Å². The lowest BCUT2D eigenvalue weighted by molar-refractivity contribution is 0.0663. The molecule has 0 bridgehead atoms. The molecule has 27 heavy (non-hydrogen) atoms. The molecule has 1 aliphatic heterocycles. The lowest BCUT2D eigenvalue weighted by atomic mass is 10.1. The number of carbonyl (C=O) groups excluding carboxylic acids is 1. The van der Waals surface area contributed by atoms with E-state index in [0.29, 0.717) is 17.9 Å². The summed E-state index contributed by atoms with van der Waals surface area (Å²) in [5.74, 6) is 0.603. The number of β-amino-alcohol motifs (C(OH)–C–C–N with tert-alkyl or cyclic N) is 1. The number of rotatable bonds is 7. The van der Waals surface area contributed by atoms with Gasteiger partial charge in [-0.1, -0.05) is 29.8 Å². The maximum atomic E-state index is 11.4. The quantitative estimate of drug-likeness (QED) is 0.738. The summed E-state index contributed by atoms with van der Waals surface area (Å²) in [5, 5.41) is 11.0. The van der Waals surface area contributed by atoms with E-state index in [4.69, 9.17) is 16.3 Å². The molecule has 1 atom stereocenters. The molecule has 0 aliphatic carbocycles. The van der Waals surface area contributed by atoms with Crippen molar-refractivity contribution in [2.75, 3.05) is 44.2 Å². The van der Waals surface area contributed by atoms with Gasteiger partial charge >= 0.3 is 0 Å². The Bertz CT molecular complexity index is 776. The Kier molecular flexibility index (Phi) is 6.72. The van der Waals surface area contributed by atoms with Crippen LogP contribution >= 0.6 is 11.6 Å². The number of benzene rings is 2. The van der Waals surface area contributed by atoms with Crippen LogP contribution in [0.1, 0.15) is 17.3 Å². The molecule has 1 N–H and O–H groups in total. The van der Waals surface area contributed by atoms with Crippen molar-refractivity contribution in [2.24, 2.45) is 0 Å². The number of carbonyl (C=O) groups is 1. The average Bonchev–Trinajstić information content (AvgIpc) is 2.67. The number of anilines is 1. The minimum Gasteiger partial charge on any atom is -0.491 e. The van der Waals surface area contributed by atoms with E-state index in [9.17, 15) is 9.90 Å². The zero-order valence-corrected chi connectivity index (χ0v) is 16.2. The molecule has 0 spiro atoms. The molecule has 5 nitrogen and oxygen atoms in total. The molecule has 0 radical (unpaired) electrons. The largest absolute Gasteiger partial charge is 0.491 e. The van der Waals surface area contributed by atoms with Gasteiger partial charge in [-0.05, 0) is 37.3 Å². The zero-order chi connectivity index (χ0) is 19.2. The van der Waals surface area contributed by atoms with Crippen LogP contribution in [0.25, 0.3) is 0 Å². The van der Waals surface area contributed by atoms with Gasteiger partial charge in [-0.15, -0.1) is 0 Å². The molecule has 1 aliphatic rings. The van der Waals surface area contributed by atoms with Crippen LogP contribution in [0.2, 0.25) is 5.02 Å². The van der Waals surface area contributed by atoms with Crippen LogP contribution in [-0.4, -0.2) is 61.2 Å². The molecule has 144 valence electrons. The molecule has 2 aromatic carbocycles. The summed E-state index contributed by atoms with van der Waals surface area (Å²) in [6.07, 6.45) is -0.580. The summed E-state index contributed by atoms with van der Waals surface area (Å²) in [6, 6.07) is 14.9. The fourth-order valence-corrected chi connectivity index (χ4v) is 3.39. The predicted molar refractivity (Wildman–Crippen MR) is 108 cm³/mol. The normalized spacial score (nSPS) is 16.2. The Morgan fingerprint density at radius 3 is 2.59 bits per heavy atom. The van der Waals surface area contributed by atoms with Gasteiger partial charge in [0, 0.05) is 49.0 Å². The number of hydrogen-bond acceptors (Lipinski definition) is 5. The van der Waals surface area contributed by atoms with Crippen LogP contribution in [0.4, 0.5) is 5.69 Å². The van der Waals surface area contributed by atoms with Gasteiger partial charge < -0.3 is 14.7 Å². The first-order valence-corrected chi connectivity index (χ1v) is 9.54. The van der Waals surface area contributed by atoms with Crippen LogP contribution in [0.3, 0.4) is 0 Å². The Morgan fingerprint density at radius 1 is 1.15 bits per heavy atom. The van der Waals surface area contributed by atoms with E-state index < -0.39 is 6.10 Å². The van der Waals surface area contributed by atoms with Gasteiger partial charge in [0.05, 0.1) is 0 Å². The number of ether oxygens (including phenoxy) is 1. The molecule has 6 heteroatoms. The Hall–Kier alpha value is -2.08. The molecule has 3 rings (SSSR count). The highest BCUT2D eigenvalue weighted by atomic mass is 35.5. The van der Waals surface area contributed by atoms with Crippen LogP contribution in [0, 0.1) is 0 Å². The van der Waals surface area contributed by atoms with Crippen LogP contribution in [-0.2, 0) is 0 Å². The van der Waals surface area contributed by atoms with E-state index in [2.05, 4.69) is 15.9 Å². The molecule has 2 aromatic rings. The van der Waals surface area contributed by atoms with E-state index in [1.54, 1.807) is 24.3 Å². The average molecular weight is 389 g/mol. The van der Waals surface area contributed by atoms with Crippen molar-refractivity contribution in [1.82, 2.24) is 4.90 Å². The Morgan fingerprint density at radius 2 is 1.89 bits per heavy atom. The molecule has 1 unspecified atom stereocenters. The van der Waals surface area contributed by atoms with Gasteiger partial charge in [0.25, 0.3) is 0 Å². The molecule has 0 amide bonds. The second-order valence-electron chi connectivity index (χ2n) is 6.82. The SMILES string of the molecule is CC(=O)c1cccc(OCC(O)CN2CCN(c3cccc(Cl)c3)CC2)c1. The van der Waals surface area contributed by atoms with Gasteiger partial charge in [-0.3, -0.25) is 9.69 Å². The van der Waals surface area contributed by atoms with Gasteiger partial charge in [0.1, 0.15) is 18.5 Å². The lowest BCUT2D eigenvalue weighted by Crippen LogP contribution is -2.49. The van der Waals surface area contributed by atoms with Gasteiger partial charge in [0.15, 0.2) is 5.78 Å². The van der Waals surface area contributed by atoms with Crippen molar-refractivity contribution >= 4 is 23.1 Å². The third-order valence-electron chi connectivity index (χ3n) is 4.70. The first-order valence-electron chi connectivity index (χ1n) is 9.16. The molecule has 0 saturated carbocycles. The highest BCUT2D eigenvalue weighted by Gasteiger charge is 2.20. The Labute approximate surface area is 165 Å². The van der Waals surface area contributed by atoms with Gasteiger partial charge in [-0.25, -0.2) is 0 Å². The number of aliphatic hydroxyl groups is 1. The third-order valence-corrected chi connectivity index (χ3v) is 4.93. The van der Waals surface area contributed by atoms with Crippen LogP contribution < -0.4 is 9.64 Å². The maximum Gasteiger partial charge on any atom is 0.159 e. The van der Waals surface area contributed by atoms with E-state index >= 15 is 0 Å². The van der Waals surface area contributed by atoms with Crippen molar-refractivity contribution < 1.29 is 14.6 Å². The molecule has 1 fully saturated rings. The van der Waals surface area contributed by atoms with E-state index in [1.165, 1.54) is 6.92 Å². The highest BCUT2D eigenvalue weighted by molar-refractivity contribution is 6.30. The van der Waals surface area contributed by atoms with E-state index in [1.807, 2.05) is 18.2 Å². The van der Waals surface area contributed by atoms with Crippen LogP contribution in [0.15, 0.2) is 48.5 Å². The number of halogens is 1. The highest BCUT2D eigenvalue weighted by Crippen LogP contribution is 2.21. The third kappa shape index (κ3) is 5.70. The summed E-state index contributed by atoms with van der Waals surface area (Å²) < 4.78 is 5.65. The summed E-state index contributed by atoms with van der Waals surface area (Å²) in [5.41, 5.74) is 1.75.